The maximum atomic E-state index is 12.2. The molecule has 1 heterocycles. The van der Waals surface area contributed by atoms with Gasteiger partial charge in [0.1, 0.15) is 0 Å². The molecule has 5 nitrogen and oxygen atoms in total. The Kier molecular flexibility index (Phi) is 8.93. The van der Waals surface area contributed by atoms with Gasteiger partial charge in [-0.15, -0.1) is 12.4 Å². The Morgan fingerprint density at radius 3 is 2.54 bits per heavy atom. The molecule has 0 aromatic heterocycles. The summed E-state index contributed by atoms with van der Waals surface area (Å²) in [7, 11) is 3.23. The molecule has 0 radical (unpaired) electrons. The molecule has 1 aromatic carbocycles. The molecular formula is C18H29ClN2O3. The Morgan fingerprint density at radius 2 is 1.92 bits per heavy atom. The van der Waals surface area contributed by atoms with Gasteiger partial charge in [0.15, 0.2) is 11.5 Å². The van der Waals surface area contributed by atoms with Gasteiger partial charge >= 0.3 is 0 Å². The first-order valence-corrected chi connectivity index (χ1v) is 8.36. The lowest BCUT2D eigenvalue weighted by atomic mass is 9.93. The standard InChI is InChI=1S/C18H28N2O3.ClH/c1-13(15-5-6-16(22-2)17(12-15)23-3)20-18(21)7-4-14-8-10-19-11-9-14;/h5-6,12-14,19H,4,7-11H2,1-3H3,(H,20,21);1H. The van der Waals surface area contributed by atoms with Gasteiger partial charge in [0, 0.05) is 6.42 Å². The lowest BCUT2D eigenvalue weighted by Gasteiger charge is -2.22. The zero-order chi connectivity index (χ0) is 16.7. The minimum Gasteiger partial charge on any atom is -0.493 e. The third-order valence-corrected chi connectivity index (χ3v) is 4.52. The molecule has 136 valence electrons. The second-order valence-corrected chi connectivity index (χ2v) is 6.14. The molecule has 0 spiro atoms. The number of hydrogen-bond donors (Lipinski definition) is 2. The molecule has 1 aromatic rings. The van der Waals surface area contributed by atoms with Gasteiger partial charge in [0.05, 0.1) is 20.3 Å². The molecule has 1 aliphatic rings. The second kappa shape index (κ2) is 10.4. The molecule has 1 amide bonds. The summed E-state index contributed by atoms with van der Waals surface area (Å²) in [6.07, 6.45) is 3.94. The molecule has 0 saturated carbocycles. The van der Waals surface area contributed by atoms with Crippen LogP contribution in [0, 0.1) is 5.92 Å². The summed E-state index contributed by atoms with van der Waals surface area (Å²) in [5, 5.41) is 6.43. The van der Waals surface area contributed by atoms with Crippen LogP contribution in [0.5, 0.6) is 11.5 Å². The van der Waals surface area contributed by atoms with Crippen molar-refractivity contribution in [3.8, 4) is 11.5 Å². The minimum absolute atomic E-state index is 0. The predicted octanol–water partition coefficient (Wildman–Crippen LogP) is 3.08. The Labute approximate surface area is 150 Å². The predicted molar refractivity (Wildman–Crippen MR) is 98.2 cm³/mol. The normalized spacial score (nSPS) is 16.0. The van der Waals surface area contributed by atoms with Gasteiger partial charge < -0.3 is 20.1 Å². The summed E-state index contributed by atoms with van der Waals surface area (Å²) in [4.78, 5) is 12.2. The highest BCUT2D eigenvalue weighted by Gasteiger charge is 2.16. The number of methoxy groups -OCH3 is 2. The number of hydrogen-bond acceptors (Lipinski definition) is 4. The molecule has 1 atom stereocenters. The van der Waals surface area contributed by atoms with Crippen LogP contribution in [-0.4, -0.2) is 33.2 Å². The lowest BCUT2D eigenvalue weighted by molar-refractivity contribution is -0.122. The van der Waals surface area contributed by atoms with Gasteiger partial charge in [0.2, 0.25) is 5.91 Å². The number of benzene rings is 1. The molecule has 1 fully saturated rings. The van der Waals surface area contributed by atoms with E-state index in [1.807, 2.05) is 25.1 Å². The molecule has 1 unspecified atom stereocenters. The van der Waals surface area contributed by atoms with Gasteiger partial charge in [-0.25, -0.2) is 0 Å². The Balaban J connectivity index is 0.00000288. The molecule has 2 N–H and O–H groups in total. The third-order valence-electron chi connectivity index (χ3n) is 4.52. The van der Waals surface area contributed by atoms with Crippen LogP contribution in [0.3, 0.4) is 0 Å². The minimum atomic E-state index is -0.0460. The van der Waals surface area contributed by atoms with E-state index in [2.05, 4.69) is 10.6 Å². The fourth-order valence-electron chi connectivity index (χ4n) is 3.02. The zero-order valence-corrected chi connectivity index (χ0v) is 15.6. The van der Waals surface area contributed by atoms with E-state index < -0.39 is 0 Å². The summed E-state index contributed by atoms with van der Waals surface area (Å²) < 4.78 is 10.6. The highest BCUT2D eigenvalue weighted by atomic mass is 35.5. The van der Waals surface area contributed by atoms with Gasteiger partial charge in [-0.1, -0.05) is 6.07 Å². The second-order valence-electron chi connectivity index (χ2n) is 6.14. The van der Waals surface area contributed by atoms with E-state index in [1.54, 1.807) is 14.2 Å². The molecule has 0 bridgehead atoms. The number of piperidine rings is 1. The number of amides is 1. The van der Waals surface area contributed by atoms with Crippen LogP contribution in [0.25, 0.3) is 0 Å². The van der Waals surface area contributed by atoms with Crippen LogP contribution in [0.2, 0.25) is 0 Å². The molecule has 6 heteroatoms. The smallest absolute Gasteiger partial charge is 0.220 e. The van der Waals surface area contributed by atoms with Crippen molar-refractivity contribution in [3.63, 3.8) is 0 Å². The molecular weight excluding hydrogens is 328 g/mol. The summed E-state index contributed by atoms with van der Waals surface area (Å²) >= 11 is 0. The van der Waals surface area contributed by atoms with Gasteiger partial charge in [-0.2, -0.15) is 0 Å². The number of carbonyl (C=O) groups is 1. The monoisotopic (exact) mass is 356 g/mol. The highest BCUT2D eigenvalue weighted by Crippen LogP contribution is 2.30. The van der Waals surface area contributed by atoms with Crippen molar-refractivity contribution in [2.75, 3.05) is 27.3 Å². The van der Waals surface area contributed by atoms with E-state index in [-0.39, 0.29) is 24.4 Å². The van der Waals surface area contributed by atoms with E-state index in [0.717, 1.165) is 25.1 Å². The number of carbonyl (C=O) groups excluding carboxylic acids is 1. The molecule has 2 rings (SSSR count). The highest BCUT2D eigenvalue weighted by molar-refractivity contribution is 5.85. The first-order chi connectivity index (χ1) is 11.1. The summed E-state index contributed by atoms with van der Waals surface area (Å²) in [6.45, 7) is 4.15. The average molecular weight is 357 g/mol. The maximum absolute atomic E-state index is 12.2. The maximum Gasteiger partial charge on any atom is 0.220 e. The van der Waals surface area contributed by atoms with Gasteiger partial charge in [-0.05, 0) is 62.9 Å². The fraction of sp³-hybridized carbons (Fsp3) is 0.611. The third kappa shape index (κ3) is 5.87. The zero-order valence-electron chi connectivity index (χ0n) is 14.8. The first-order valence-electron chi connectivity index (χ1n) is 8.36. The molecule has 1 saturated heterocycles. The number of ether oxygens (including phenoxy) is 2. The van der Waals surface area contributed by atoms with Crippen molar-refractivity contribution < 1.29 is 14.3 Å². The summed E-state index contributed by atoms with van der Waals surface area (Å²) in [5.41, 5.74) is 1.01. The number of rotatable bonds is 7. The van der Waals surface area contributed by atoms with Crippen LogP contribution in [0.15, 0.2) is 18.2 Å². The van der Waals surface area contributed by atoms with Crippen molar-refractivity contribution in [3.05, 3.63) is 23.8 Å². The molecule has 1 aliphatic heterocycles. The van der Waals surface area contributed by atoms with Crippen molar-refractivity contribution in [2.24, 2.45) is 5.92 Å². The largest absolute Gasteiger partial charge is 0.493 e. The van der Waals surface area contributed by atoms with E-state index in [1.165, 1.54) is 12.8 Å². The molecule has 24 heavy (non-hydrogen) atoms. The Bertz CT molecular complexity index is 519. The van der Waals surface area contributed by atoms with Crippen LogP contribution in [-0.2, 0) is 4.79 Å². The van der Waals surface area contributed by atoms with Crippen molar-refractivity contribution >= 4 is 18.3 Å². The van der Waals surface area contributed by atoms with E-state index >= 15 is 0 Å². The van der Waals surface area contributed by atoms with Crippen LogP contribution >= 0.6 is 12.4 Å². The van der Waals surface area contributed by atoms with Crippen LogP contribution in [0.1, 0.15) is 44.2 Å². The molecule has 0 aliphatic carbocycles. The number of nitrogens with one attached hydrogen (secondary N) is 2. The van der Waals surface area contributed by atoms with Gasteiger partial charge in [-0.3, -0.25) is 4.79 Å². The summed E-state index contributed by atoms with van der Waals surface area (Å²) in [5.74, 6) is 2.17. The number of halogens is 1. The quantitative estimate of drug-likeness (QED) is 0.788. The van der Waals surface area contributed by atoms with Crippen LogP contribution < -0.4 is 20.1 Å². The topological polar surface area (TPSA) is 59.6 Å². The SMILES string of the molecule is COc1ccc(C(C)NC(=O)CCC2CCNCC2)cc1OC.Cl. The van der Waals surface area contributed by atoms with E-state index in [9.17, 15) is 4.79 Å². The average Bonchev–Trinajstić information content (AvgIpc) is 2.60. The van der Waals surface area contributed by atoms with E-state index in [0.29, 0.717) is 23.8 Å². The van der Waals surface area contributed by atoms with Gasteiger partial charge in [0.25, 0.3) is 0 Å². The first kappa shape index (κ1) is 20.6. The van der Waals surface area contributed by atoms with Crippen molar-refractivity contribution in [1.82, 2.24) is 10.6 Å². The van der Waals surface area contributed by atoms with Crippen molar-refractivity contribution in [2.45, 2.75) is 38.6 Å². The van der Waals surface area contributed by atoms with Crippen molar-refractivity contribution in [1.29, 1.82) is 0 Å². The fourth-order valence-corrected chi connectivity index (χ4v) is 3.02. The van der Waals surface area contributed by atoms with E-state index in [4.69, 9.17) is 9.47 Å². The lowest BCUT2D eigenvalue weighted by Crippen LogP contribution is -2.30. The Hall–Kier alpha value is -1.46. The summed E-state index contributed by atoms with van der Waals surface area (Å²) in [6, 6.07) is 5.69. The Morgan fingerprint density at radius 1 is 1.25 bits per heavy atom. The van der Waals surface area contributed by atoms with Crippen LogP contribution in [0.4, 0.5) is 0 Å².